The van der Waals surface area contributed by atoms with Crippen LogP contribution in [0.5, 0.6) is 0 Å². The second kappa shape index (κ2) is 6.68. The Bertz CT molecular complexity index is 461. The summed E-state index contributed by atoms with van der Waals surface area (Å²) in [6, 6.07) is 1.77. The molecule has 1 aliphatic rings. The Morgan fingerprint density at radius 3 is 3.11 bits per heavy atom. The first-order valence-electron chi connectivity index (χ1n) is 6.74. The lowest BCUT2D eigenvalue weighted by Gasteiger charge is -2.16. The molecule has 0 radical (unpaired) electrons. The van der Waals surface area contributed by atoms with Gasteiger partial charge in [-0.15, -0.1) is 0 Å². The van der Waals surface area contributed by atoms with Crippen LogP contribution in [0.3, 0.4) is 0 Å². The van der Waals surface area contributed by atoms with E-state index >= 15 is 0 Å². The quantitative estimate of drug-likeness (QED) is 0.789. The SMILES string of the molecule is CCCOC[C@@H]1CCC(n2ccc(NC)nc2=O)O1. The van der Waals surface area contributed by atoms with Crippen molar-refractivity contribution in [3.8, 4) is 0 Å². The minimum Gasteiger partial charge on any atom is -0.379 e. The monoisotopic (exact) mass is 267 g/mol. The fourth-order valence-electron chi connectivity index (χ4n) is 2.14. The molecule has 1 unspecified atom stereocenters. The molecule has 6 heteroatoms. The molecule has 1 fully saturated rings. The van der Waals surface area contributed by atoms with Crippen LogP contribution < -0.4 is 11.0 Å². The zero-order valence-corrected chi connectivity index (χ0v) is 11.5. The van der Waals surface area contributed by atoms with E-state index in [1.54, 1.807) is 23.9 Å². The molecule has 6 nitrogen and oxygen atoms in total. The molecule has 19 heavy (non-hydrogen) atoms. The lowest BCUT2D eigenvalue weighted by molar-refractivity contribution is -0.0426. The van der Waals surface area contributed by atoms with E-state index in [4.69, 9.17) is 9.47 Å². The lowest BCUT2D eigenvalue weighted by atomic mass is 10.2. The Labute approximate surface area is 112 Å². The van der Waals surface area contributed by atoms with Gasteiger partial charge in [-0.25, -0.2) is 4.79 Å². The highest BCUT2D eigenvalue weighted by Crippen LogP contribution is 2.27. The molecule has 0 amide bonds. The van der Waals surface area contributed by atoms with Crippen molar-refractivity contribution < 1.29 is 9.47 Å². The van der Waals surface area contributed by atoms with E-state index in [0.717, 1.165) is 25.9 Å². The molecule has 1 aliphatic heterocycles. The molecule has 1 saturated heterocycles. The van der Waals surface area contributed by atoms with Crippen molar-refractivity contribution in [2.24, 2.45) is 0 Å². The summed E-state index contributed by atoms with van der Waals surface area (Å²) in [6.07, 6.45) is 4.31. The first-order chi connectivity index (χ1) is 9.24. The van der Waals surface area contributed by atoms with Crippen molar-refractivity contribution in [3.63, 3.8) is 0 Å². The number of hydrogen-bond donors (Lipinski definition) is 1. The van der Waals surface area contributed by atoms with Gasteiger partial charge in [-0.05, 0) is 25.3 Å². The molecule has 0 saturated carbocycles. The molecule has 1 N–H and O–H groups in total. The van der Waals surface area contributed by atoms with Gasteiger partial charge in [0.1, 0.15) is 12.0 Å². The summed E-state index contributed by atoms with van der Waals surface area (Å²) in [5.41, 5.74) is -0.285. The molecular weight excluding hydrogens is 246 g/mol. The molecule has 0 aromatic carbocycles. The molecule has 1 aromatic rings. The van der Waals surface area contributed by atoms with Crippen molar-refractivity contribution in [3.05, 3.63) is 22.7 Å². The molecule has 2 atom stereocenters. The average Bonchev–Trinajstić information content (AvgIpc) is 2.87. The topological polar surface area (TPSA) is 65.4 Å². The van der Waals surface area contributed by atoms with Crippen LogP contribution in [0.1, 0.15) is 32.4 Å². The van der Waals surface area contributed by atoms with Crippen molar-refractivity contribution in [1.29, 1.82) is 0 Å². The molecule has 2 rings (SSSR count). The van der Waals surface area contributed by atoms with Crippen molar-refractivity contribution in [2.45, 2.75) is 38.5 Å². The van der Waals surface area contributed by atoms with Crippen LogP contribution in [0.2, 0.25) is 0 Å². The summed E-state index contributed by atoms with van der Waals surface area (Å²) in [6.45, 7) is 3.43. The second-order valence-corrected chi connectivity index (χ2v) is 4.62. The lowest BCUT2D eigenvalue weighted by Crippen LogP contribution is -2.27. The van der Waals surface area contributed by atoms with Crippen LogP contribution in [0.15, 0.2) is 17.1 Å². The van der Waals surface area contributed by atoms with Gasteiger partial charge in [0.25, 0.3) is 0 Å². The predicted octanol–water partition coefficient (Wildman–Crippen LogP) is 1.39. The van der Waals surface area contributed by atoms with E-state index in [9.17, 15) is 4.79 Å². The van der Waals surface area contributed by atoms with Gasteiger partial charge in [0.05, 0.1) is 12.7 Å². The van der Waals surface area contributed by atoms with Gasteiger partial charge < -0.3 is 14.8 Å². The standard InChI is InChI=1S/C13H21N3O3/c1-3-8-18-9-10-4-5-12(19-10)16-7-6-11(14-2)15-13(16)17/h6-7,10,12H,3-5,8-9H2,1-2H3,(H,14,15,17)/t10-,12?/m0/s1. The van der Waals surface area contributed by atoms with Crippen LogP contribution in [-0.2, 0) is 9.47 Å². The van der Waals surface area contributed by atoms with E-state index in [0.29, 0.717) is 12.4 Å². The summed E-state index contributed by atoms with van der Waals surface area (Å²) in [5, 5.41) is 2.84. The number of nitrogens with zero attached hydrogens (tertiary/aromatic N) is 2. The highest BCUT2D eigenvalue weighted by molar-refractivity contribution is 5.30. The van der Waals surface area contributed by atoms with Gasteiger partial charge in [-0.3, -0.25) is 4.57 Å². The Balaban J connectivity index is 1.95. The van der Waals surface area contributed by atoms with Crippen LogP contribution in [0.25, 0.3) is 0 Å². The van der Waals surface area contributed by atoms with Crippen LogP contribution in [0, 0.1) is 0 Å². The maximum Gasteiger partial charge on any atom is 0.351 e. The minimum absolute atomic E-state index is 0.0763. The molecule has 0 bridgehead atoms. The number of ether oxygens (including phenoxy) is 2. The van der Waals surface area contributed by atoms with E-state index in [1.807, 2.05) is 0 Å². The maximum atomic E-state index is 11.9. The van der Waals surface area contributed by atoms with Crippen molar-refractivity contribution in [2.75, 3.05) is 25.6 Å². The predicted molar refractivity (Wildman–Crippen MR) is 72.3 cm³/mol. The van der Waals surface area contributed by atoms with Gasteiger partial charge in [0.2, 0.25) is 0 Å². The van der Waals surface area contributed by atoms with Gasteiger partial charge in [0, 0.05) is 19.9 Å². The summed E-state index contributed by atoms with van der Waals surface area (Å²) in [7, 11) is 1.74. The van der Waals surface area contributed by atoms with Crippen LogP contribution in [0.4, 0.5) is 5.82 Å². The minimum atomic E-state index is -0.285. The molecular formula is C13H21N3O3. The van der Waals surface area contributed by atoms with E-state index in [1.165, 1.54) is 0 Å². The number of aromatic nitrogens is 2. The first kappa shape index (κ1) is 14.0. The summed E-state index contributed by atoms with van der Waals surface area (Å²) in [4.78, 5) is 15.8. The molecule has 2 heterocycles. The van der Waals surface area contributed by atoms with E-state index in [2.05, 4.69) is 17.2 Å². The first-order valence-corrected chi connectivity index (χ1v) is 6.74. The normalized spacial score (nSPS) is 22.6. The van der Waals surface area contributed by atoms with Crippen molar-refractivity contribution in [1.82, 2.24) is 9.55 Å². The zero-order valence-electron chi connectivity index (χ0n) is 11.5. The summed E-state index contributed by atoms with van der Waals surface area (Å²) in [5.74, 6) is 0.571. The third kappa shape index (κ3) is 3.54. The highest BCUT2D eigenvalue weighted by atomic mass is 16.5. The summed E-state index contributed by atoms with van der Waals surface area (Å²) >= 11 is 0. The smallest absolute Gasteiger partial charge is 0.351 e. The van der Waals surface area contributed by atoms with Crippen LogP contribution >= 0.6 is 0 Å². The highest BCUT2D eigenvalue weighted by Gasteiger charge is 2.27. The number of nitrogens with one attached hydrogen (secondary N) is 1. The summed E-state index contributed by atoms with van der Waals surface area (Å²) < 4.78 is 12.8. The van der Waals surface area contributed by atoms with Gasteiger partial charge in [-0.2, -0.15) is 4.98 Å². The molecule has 0 aliphatic carbocycles. The van der Waals surface area contributed by atoms with Gasteiger partial charge >= 0.3 is 5.69 Å². The van der Waals surface area contributed by atoms with Gasteiger partial charge in [0.15, 0.2) is 0 Å². The zero-order chi connectivity index (χ0) is 13.7. The number of anilines is 1. The third-order valence-electron chi connectivity index (χ3n) is 3.13. The third-order valence-corrected chi connectivity index (χ3v) is 3.13. The fourth-order valence-corrected chi connectivity index (χ4v) is 2.14. The Hall–Kier alpha value is -1.40. The molecule has 106 valence electrons. The number of rotatable bonds is 6. The Kier molecular flexibility index (Phi) is 4.93. The largest absolute Gasteiger partial charge is 0.379 e. The van der Waals surface area contributed by atoms with E-state index in [-0.39, 0.29) is 18.0 Å². The van der Waals surface area contributed by atoms with Crippen molar-refractivity contribution >= 4 is 5.82 Å². The van der Waals surface area contributed by atoms with Crippen LogP contribution in [-0.4, -0.2) is 35.9 Å². The fraction of sp³-hybridized carbons (Fsp3) is 0.692. The maximum absolute atomic E-state index is 11.9. The number of hydrogen-bond acceptors (Lipinski definition) is 5. The van der Waals surface area contributed by atoms with E-state index < -0.39 is 0 Å². The molecule has 0 spiro atoms. The van der Waals surface area contributed by atoms with Gasteiger partial charge in [-0.1, -0.05) is 6.92 Å². The average molecular weight is 267 g/mol. The Morgan fingerprint density at radius 1 is 1.58 bits per heavy atom. The Morgan fingerprint density at radius 2 is 2.42 bits per heavy atom. The second-order valence-electron chi connectivity index (χ2n) is 4.62. The molecule has 1 aromatic heterocycles.